The highest BCUT2D eigenvalue weighted by molar-refractivity contribution is 6.42. The van der Waals surface area contributed by atoms with Crippen LogP contribution in [0.5, 0.6) is 0 Å². The van der Waals surface area contributed by atoms with Gasteiger partial charge in [0.2, 0.25) is 0 Å². The monoisotopic (exact) mass is 244 g/mol. The van der Waals surface area contributed by atoms with E-state index in [2.05, 4.69) is 17.6 Å². The van der Waals surface area contributed by atoms with Crippen LogP contribution in [-0.2, 0) is 0 Å². The van der Waals surface area contributed by atoms with E-state index in [-0.39, 0.29) is 0 Å². The van der Waals surface area contributed by atoms with Crippen molar-refractivity contribution in [3.05, 3.63) is 33.8 Å². The molecule has 0 saturated carbocycles. The van der Waals surface area contributed by atoms with E-state index < -0.39 is 0 Å². The Morgan fingerprint density at radius 2 is 2.07 bits per heavy atom. The van der Waals surface area contributed by atoms with Crippen molar-refractivity contribution in [3.8, 4) is 0 Å². The Kier molecular flexibility index (Phi) is 3.52. The third-order valence-electron chi connectivity index (χ3n) is 2.71. The number of rotatable bonds is 3. The summed E-state index contributed by atoms with van der Waals surface area (Å²) in [7, 11) is 0. The van der Waals surface area contributed by atoms with Crippen LogP contribution in [0.4, 0.5) is 0 Å². The minimum absolute atomic E-state index is 0.312. The van der Waals surface area contributed by atoms with Crippen LogP contribution in [-0.4, -0.2) is 19.1 Å². The van der Waals surface area contributed by atoms with E-state index in [1.54, 1.807) is 0 Å². The average molecular weight is 245 g/mol. The van der Waals surface area contributed by atoms with Gasteiger partial charge in [-0.2, -0.15) is 0 Å². The first kappa shape index (κ1) is 11.2. The molecule has 4 heteroatoms. The summed E-state index contributed by atoms with van der Waals surface area (Å²) in [6.45, 7) is 4.23. The van der Waals surface area contributed by atoms with Gasteiger partial charge in [-0.05, 0) is 24.6 Å². The molecule has 0 amide bonds. The normalized spacial score (nSPS) is 18.6. The summed E-state index contributed by atoms with van der Waals surface area (Å²) in [6.07, 6.45) is 0. The lowest BCUT2D eigenvalue weighted by Crippen LogP contribution is -2.55. The molecule has 2 nitrogen and oxygen atoms in total. The van der Waals surface area contributed by atoms with E-state index in [9.17, 15) is 0 Å². The SMILES string of the molecule is CC(NC1CNC1)c1ccc(Cl)c(Cl)c1. The summed E-state index contributed by atoms with van der Waals surface area (Å²) in [5, 5.41) is 7.97. The zero-order valence-electron chi connectivity index (χ0n) is 8.56. The minimum atomic E-state index is 0.312. The van der Waals surface area contributed by atoms with Crippen molar-refractivity contribution in [2.75, 3.05) is 13.1 Å². The zero-order valence-corrected chi connectivity index (χ0v) is 10.1. The molecule has 1 aromatic carbocycles. The van der Waals surface area contributed by atoms with Crippen molar-refractivity contribution in [2.24, 2.45) is 0 Å². The smallest absolute Gasteiger partial charge is 0.0595 e. The highest BCUT2D eigenvalue weighted by Gasteiger charge is 2.19. The maximum atomic E-state index is 5.97. The lowest BCUT2D eigenvalue weighted by molar-refractivity contribution is 0.338. The molecule has 82 valence electrons. The van der Waals surface area contributed by atoms with Gasteiger partial charge in [-0.15, -0.1) is 0 Å². The van der Waals surface area contributed by atoms with Gasteiger partial charge in [0, 0.05) is 25.2 Å². The van der Waals surface area contributed by atoms with Crippen molar-refractivity contribution in [1.29, 1.82) is 0 Å². The molecule has 2 N–H and O–H groups in total. The number of nitrogens with one attached hydrogen (secondary N) is 2. The standard InChI is InChI=1S/C11H14Cl2N2/c1-7(15-9-5-14-6-9)8-2-3-10(12)11(13)4-8/h2-4,7,9,14-15H,5-6H2,1H3. The summed E-state index contributed by atoms with van der Waals surface area (Å²) in [5.41, 5.74) is 1.18. The van der Waals surface area contributed by atoms with Gasteiger partial charge >= 0.3 is 0 Å². The molecule has 1 aliphatic rings. The second-order valence-corrected chi connectivity index (χ2v) is 4.73. The van der Waals surface area contributed by atoms with Gasteiger partial charge < -0.3 is 10.6 Å². The molecular formula is C11H14Cl2N2. The molecule has 0 bridgehead atoms. The molecule has 1 unspecified atom stereocenters. The Morgan fingerprint density at radius 3 is 2.60 bits per heavy atom. The molecule has 0 aliphatic carbocycles. The molecular weight excluding hydrogens is 231 g/mol. The molecule has 2 rings (SSSR count). The van der Waals surface area contributed by atoms with Crippen LogP contribution in [0.15, 0.2) is 18.2 Å². The lowest BCUT2D eigenvalue weighted by atomic mass is 10.1. The van der Waals surface area contributed by atoms with Crippen LogP contribution in [0.1, 0.15) is 18.5 Å². The molecule has 0 aromatic heterocycles. The van der Waals surface area contributed by atoms with Gasteiger partial charge in [0.05, 0.1) is 10.0 Å². The summed E-state index contributed by atoms with van der Waals surface area (Å²) < 4.78 is 0. The van der Waals surface area contributed by atoms with Gasteiger partial charge in [0.15, 0.2) is 0 Å². The fraction of sp³-hybridized carbons (Fsp3) is 0.455. The predicted molar refractivity (Wildman–Crippen MR) is 64.7 cm³/mol. The van der Waals surface area contributed by atoms with Crippen molar-refractivity contribution >= 4 is 23.2 Å². The Morgan fingerprint density at radius 1 is 1.33 bits per heavy atom. The number of benzene rings is 1. The second kappa shape index (κ2) is 4.71. The summed E-state index contributed by atoms with van der Waals surface area (Å²) in [4.78, 5) is 0. The largest absolute Gasteiger partial charge is 0.314 e. The highest BCUT2D eigenvalue weighted by atomic mass is 35.5. The average Bonchev–Trinajstić information content (AvgIpc) is 2.15. The topological polar surface area (TPSA) is 24.1 Å². The van der Waals surface area contributed by atoms with Crippen LogP contribution in [0.25, 0.3) is 0 Å². The van der Waals surface area contributed by atoms with Crippen molar-refractivity contribution < 1.29 is 0 Å². The van der Waals surface area contributed by atoms with Gasteiger partial charge in [-0.3, -0.25) is 0 Å². The van der Waals surface area contributed by atoms with E-state index in [0.717, 1.165) is 13.1 Å². The summed E-state index contributed by atoms with van der Waals surface area (Å²) in [5.74, 6) is 0. The van der Waals surface area contributed by atoms with E-state index in [0.29, 0.717) is 22.1 Å². The Bertz CT molecular complexity index is 350. The zero-order chi connectivity index (χ0) is 10.8. The minimum Gasteiger partial charge on any atom is -0.314 e. The van der Waals surface area contributed by atoms with Crippen LogP contribution in [0.3, 0.4) is 0 Å². The lowest BCUT2D eigenvalue weighted by Gasteiger charge is -2.31. The predicted octanol–water partition coefficient (Wildman–Crippen LogP) is 2.62. The van der Waals surface area contributed by atoms with Crippen molar-refractivity contribution in [1.82, 2.24) is 10.6 Å². The molecule has 1 heterocycles. The van der Waals surface area contributed by atoms with E-state index in [4.69, 9.17) is 23.2 Å². The summed E-state index contributed by atoms with van der Waals surface area (Å²) in [6, 6.07) is 6.67. The maximum absolute atomic E-state index is 5.97. The first-order chi connectivity index (χ1) is 7.16. The third-order valence-corrected chi connectivity index (χ3v) is 3.45. The molecule has 0 radical (unpaired) electrons. The van der Waals surface area contributed by atoms with E-state index >= 15 is 0 Å². The molecule has 1 aliphatic heterocycles. The second-order valence-electron chi connectivity index (χ2n) is 3.92. The van der Waals surface area contributed by atoms with E-state index in [1.807, 2.05) is 18.2 Å². The molecule has 1 fully saturated rings. The fourth-order valence-corrected chi connectivity index (χ4v) is 1.94. The Balaban J connectivity index is 2.03. The van der Waals surface area contributed by atoms with Gasteiger partial charge in [-0.1, -0.05) is 29.3 Å². The first-order valence-electron chi connectivity index (χ1n) is 5.08. The van der Waals surface area contributed by atoms with Gasteiger partial charge in [-0.25, -0.2) is 0 Å². The first-order valence-corrected chi connectivity index (χ1v) is 5.84. The molecule has 1 saturated heterocycles. The third kappa shape index (κ3) is 2.64. The van der Waals surface area contributed by atoms with Crippen LogP contribution in [0.2, 0.25) is 10.0 Å². The van der Waals surface area contributed by atoms with Crippen molar-refractivity contribution in [2.45, 2.75) is 19.0 Å². The quantitative estimate of drug-likeness (QED) is 0.855. The Hall–Kier alpha value is -0.280. The molecule has 1 aromatic rings. The van der Waals surface area contributed by atoms with Gasteiger partial charge in [0.1, 0.15) is 0 Å². The van der Waals surface area contributed by atoms with Crippen molar-refractivity contribution in [3.63, 3.8) is 0 Å². The number of hydrogen-bond donors (Lipinski definition) is 2. The van der Waals surface area contributed by atoms with Crippen LogP contribution in [0, 0.1) is 0 Å². The Labute approximate surface area is 100.0 Å². The summed E-state index contributed by atoms with van der Waals surface area (Å²) >= 11 is 11.8. The van der Waals surface area contributed by atoms with Gasteiger partial charge in [0.25, 0.3) is 0 Å². The molecule has 15 heavy (non-hydrogen) atoms. The molecule has 0 spiro atoms. The van der Waals surface area contributed by atoms with E-state index in [1.165, 1.54) is 5.56 Å². The fourth-order valence-electron chi connectivity index (χ4n) is 1.64. The number of halogens is 2. The van der Waals surface area contributed by atoms with Crippen LogP contribution < -0.4 is 10.6 Å². The maximum Gasteiger partial charge on any atom is 0.0595 e. The highest BCUT2D eigenvalue weighted by Crippen LogP contribution is 2.25. The van der Waals surface area contributed by atoms with Crippen LogP contribution >= 0.6 is 23.2 Å². The molecule has 1 atom stereocenters. The number of hydrogen-bond acceptors (Lipinski definition) is 2.